The van der Waals surface area contributed by atoms with E-state index in [-0.39, 0.29) is 11.9 Å². The Morgan fingerprint density at radius 3 is 2.72 bits per heavy atom. The molecule has 6 rings (SSSR count). The summed E-state index contributed by atoms with van der Waals surface area (Å²) >= 11 is 0. The lowest BCUT2D eigenvalue weighted by molar-refractivity contribution is -0.116. The van der Waals surface area contributed by atoms with Crippen LogP contribution in [0.5, 0.6) is 0 Å². The molecular weight excluding hydrogens is 444 g/mol. The van der Waals surface area contributed by atoms with E-state index in [1.54, 1.807) is 6.20 Å². The number of carbonyl (C=O) groups is 1. The molecule has 0 saturated carbocycles. The minimum atomic E-state index is 0.0458. The van der Waals surface area contributed by atoms with Crippen molar-refractivity contribution >= 4 is 22.5 Å². The molecule has 2 aliphatic rings. The zero-order valence-electron chi connectivity index (χ0n) is 20.5. The Morgan fingerprint density at radius 1 is 0.944 bits per heavy atom. The monoisotopic (exact) mass is 476 g/mol. The van der Waals surface area contributed by atoms with Crippen LogP contribution in [-0.4, -0.2) is 42.0 Å². The number of carbonyl (C=O) groups excluding carboxylic acids is 1. The number of hydrogen-bond donors (Lipinski definition) is 2. The highest BCUT2D eigenvalue weighted by Crippen LogP contribution is 2.33. The number of aryl methyl sites for hydroxylation is 2. The van der Waals surface area contributed by atoms with Gasteiger partial charge in [0.15, 0.2) is 0 Å². The van der Waals surface area contributed by atoms with Crippen LogP contribution in [0.1, 0.15) is 40.3 Å². The van der Waals surface area contributed by atoms with Crippen LogP contribution >= 0.6 is 0 Å². The Kier molecular flexibility index (Phi) is 6.50. The van der Waals surface area contributed by atoms with Gasteiger partial charge in [0.05, 0.1) is 11.2 Å². The average Bonchev–Trinajstić information content (AvgIpc) is 3.12. The number of anilines is 1. The van der Waals surface area contributed by atoms with Crippen LogP contribution in [0.25, 0.3) is 10.9 Å². The summed E-state index contributed by atoms with van der Waals surface area (Å²) in [7, 11) is 0. The second-order valence-electron chi connectivity index (χ2n) is 9.86. The van der Waals surface area contributed by atoms with Crippen LogP contribution in [0, 0.1) is 0 Å². The molecule has 2 N–H and O–H groups in total. The van der Waals surface area contributed by atoms with Gasteiger partial charge in [-0.05, 0) is 71.3 Å². The molecule has 1 amide bonds. The Morgan fingerprint density at radius 2 is 1.78 bits per heavy atom. The number of pyridine rings is 1. The van der Waals surface area contributed by atoms with Crippen molar-refractivity contribution in [1.29, 1.82) is 0 Å². The Labute approximate surface area is 212 Å². The first kappa shape index (κ1) is 22.9. The van der Waals surface area contributed by atoms with Crippen molar-refractivity contribution in [3.05, 3.63) is 107 Å². The van der Waals surface area contributed by atoms with E-state index in [4.69, 9.17) is 0 Å². The molecule has 1 aliphatic heterocycles. The van der Waals surface area contributed by atoms with Crippen molar-refractivity contribution in [3.63, 3.8) is 0 Å². The van der Waals surface area contributed by atoms with E-state index in [1.165, 1.54) is 27.8 Å². The fourth-order valence-corrected chi connectivity index (χ4v) is 5.84. The van der Waals surface area contributed by atoms with Crippen LogP contribution in [-0.2, 0) is 24.1 Å². The highest BCUT2D eigenvalue weighted by molar-refractivity contribution is 6.00. The van der Waals surface area contributed by atoms with Gasteiger partial charge in [-0.25, -0.2) is 0 Å². The van der Waals surface area contributed by atoms with Gasteiger partial charge in [0, 0.05) is 50.2 Å². The van der Waals surface area contributed by atoms with Crippen molar-refractivity contribution in [3.8, 4) is 0 Å². The van der Waals surface area contributed by atoms with Crippen LogP contribution in [0.15, 0.2) is 79.0 Å². The lowest BCUT2D eigenvalue weighted by Gasteiger charge is -2.37. The second-order valence-corrected chi connectivity index (χ2v) is 9.86. The zero-order valence-corrected chi connectivity index (χ0v) is 20.5. The Hall–Kier alpha value is -3.54. The van der Waals surface area contributed by atoms with E-state index in [0.717, 1.165) is 62.0 Å². The summed E-state index contributed by atoms with van der Waals surface area (Å²) < 4.78 is 0. The smallest absolute Gasteiger partial charge is 0.225 e. The first-order valence-corrected chi connectivity index (χ1v) is 13.0. The number of nitrogens with zero attached hydrogens (tertiary/aromatic N) is 2. The third-order valence-electron chi connectivity index (χ3n) is 7.72. The molecule has 5 nitrogen and oxygen atoms in total. The molecule has 182 valence electrons. The summed E-state index contributed by atoms with van der Waals surface area (Å²) in [6.45, 7) is 3.54. The van der Waals surface area contributed by atoms with Crippen molar-refractivity contribution in [2.45, 2.75) is 31.7 Å². The number of amides is 1. The van der Waals surface area contributed by atoms with Gasteiger partial charge in [-0.15, -0.1) is 0 Å². The molecule has 0 radical (unpaired) electrons. The minimum absolute atomic E-state index is 0.0458. The van der Waals surface area contributed by atoms with Gasteiger partial charge in [0.1, 0.15) is 0 Å². The zero-order chi connectivity index (χ0) is 24.3. The van der Waals surface area contributed by atoms with Gasteiger partial charge < -0.3 is 10.6 Å². The van der Waals surface area contributed by atoms with Gasteiger partial charge in [-0.2, -0.15) is 0 Å². The number of benzene rings is 3. The molecule has 0 bridgehead atoms. The number of hydrogen-bond acceptors (Lipinski definition) is 4. The maximum absolute atomic E-state index is 13.0. The largest absolute Gasteiger partial charge is 0.325 e. The van der Waals surface area contributed by atoms with Gasteiger partial charge >= 0.3 is 0 Å². The topological polar surface area (TPSA) is 57.3 Å². The van der Waals surface area contributed by atoms with Gasteiger partial charge in [0.25, 0.3) is 0 Å². The Bertz CT molecular complexity index is 1390. The lowest BCUT2D eigenvalue weighted by Crippen LogP contribution is -2.47. The van der Waals surface area contributed by atoms with Crippen molar-refractivity contribution < 1.29 is 4.79 Å². The molecule has 2 heterocycles. The van der Waals surface area contributed by atoms with E-state index < -0.39 is 0 Å². The number of fused-ring (bicyclic) bond motifs is 3. The molecule has 1 atom stereocenters. The summed E-state index contributed by atoms with van der Waals surface area (Å²) in [5.74, 6) is 0.0458. The first-order valence-electron chi connectivity index (χ1n) is 13.0. The van der Waals surface area contributed by atoms with E-state index >= 15 is 0 Å². The molecule has 0 spiro atoms. The fraction of sp³-hybridized carbons (Fsp3) is 0.290. The maximum atomic E-state index is 13.0. The Balaban J connectivity index is 1.20. The number of piperazine rings is 1. The predicted octanol–water partition coefficient (Wildman–Crippen LogP) is 4.90. The number of nitrogens with one attached hydrogen (secondary N) is 2. The van der Waals surface area contributed by atoms with E-state index in [2.05, 4.69) is 63.0 Å². The number of rotatable bonds is 5. The standard InChI is InChI=1S/C31H32N4O/c36-31(34-29-12-4-11-28-26(29)10-5-16-33-28)15-18-35-19-17-32-21-30(35)25-9-3-8-23-14-13-22-6-1-2-7-24(22)20-27(23)25/h1-12,16,30,32H,13-15,17-21H2,(H,34,36). The van der Waals surface area contributed by atoms with Crippen LogP contribution in [0.4, 0.5) is 5.69 Å². The third-order valence-corrected chi connectivity index (χ3v) is 7.72. The van der Waals surface area contributed by atoms with Crippen molar-refractivity contribution in [1.82, 2.24) is 15.2 Å². The lowest BCUT2D eigenvalue weighted by atomic mass is 9.90. The van der Waals surface area contributed by atoms with Crippen molar-refractivity contribution in [2.24, 2.45) is 0 Å². The third kappa shape index (κ3) is 4.64. The maximum Gasteiger partial charge on any atom is 0.225 e. The van der Waals surface area contributed by atoms with Gasteiger partial charge in [-0.1, -0.05) is 48.5 Å². The fourth-order valence-electron chi connectivity index (χ4n) is 5.84. The summed E-state index contributed by atoms with van der Waals surface area (Å²) in [6.07, 6.45) is 5.42. The molecule has 1 aliphatic carbocycles. The van der Waals surface area contributed by atoms with Gasteiger partial charge in [-0.3, -0.25) is 14.7 Å². The molecule has 4 aromatic rings. The normalized spacial score (nSPS) is 17.7. The number of aromatic nitrogens is 1. The van der Waals surface area contributed by atoms with E-state index in [1.807, 2.05) is 30.3 Å². The molecule has 1 aromatic heterocycles. The summed E-state index contributed by atoms with van der Waals surface area (Å²) in [5.41, 5.74) is 9.00. The highest BCUT2D eigenvalue weighted by Gasteiger charge is 2.28. The van der Waals surface area contributed by atoms with E-state index in [0.29, 0.717) is 6.42 Å². The van der Waals surface area contributed by atoms with Crippen molar-refractivity contribution in [2.75, 3.05) is 31.5 Å². The summed E-state index contributed by atoms with van der Waals surface area (Å²) in [4.78, 5) is 19.9. The average molecular weight is 477 g/mol. The SMILES string of the molecule is O=C(CCN1CCNCC1c1cccc2c1Cc1ccccc1CC2)Nc1cccc2ncccc12. The van der Waals surface area contributed by atoms with E-state index in [9.17, 15) is 4.79 Å². The molecule has 1 saturated heterocycles. The summed E-state index contributed by atoms with van der Waals surface area (Å²) in [5, 5.41) is 7.70. The molecule has 1 fully saturated rings. The van der Waals surface area contributed by atoms with Crippen LogP contribution in [0.2, 0.25) is 0 Å². The molecule has 5 heteroatoms. The second kappa shape index (κ2) is 10.2. The molecule has 1 unspecified atom stereocenters. The predicted molar refractivity (Wildman–Crippen MR) is 145 cm³/mol. The molecule has 36 heavy (non-hydrogen) atoms. The summed E-state index contributed by atoms with van der Waals surface area (Å²) in [6, 6.07) is 25.7. The molecular formula is C31H32N4O. The minimum Gasteiger partial charge on any atom is -0.325 e. The van der Waals surface area contributed by atoms with Gasteiger partial charge in [0.2, 0.25) is 5.91 Å². The quantitative estimate of drug-likeness (QED) is 0.430. The highest BCUT2D eigenvalue weighted by atomic mass is 16.1. The van der Waals surface area contributed by atoms with Crippen LogP contribution < -0.4 is 10.6 Å². The van der Waals surface area contributed by atoms with Crippen LogP contribution in [0.3, 0.4) is 0 Å². The first-order chi connectivity index (χ1) is 17.8. The molecule has 3 aromatic carbocycles.